The summed E-state index contributed by atoms with van der Waals surface area (Å²) in [5.41, 5.74) is 2.68. The molecule has 0 unspecified atom stereocenters. The minimum absolute atomic E-state index is 0.00737. The van der Waals surface area contributed by atoms with E-state index >= 15 is 0 Å². The van der Waals surface area contributed by atoms with Gasteiger partial charge in [0, 0.05) is 16.9 Å². The molecule has 0 aromatic heterocycles. The number of benzene rings is 2. The summed E-state index contributed by atoms with van der Waals surface area (Å²) in [5.74, 6) is 1.75. The Morgan fingerprint density at radius 1 is 1.15 bits per heavy atom. The van der Waals surface area contributed by atoms with Crippen LogP contribution in [-0.2, 0) is 10.5 Å². The van der Waals surface area contributed by atoms with Crippen LogP contribution in [0.1, 0.15) is 48.3 Å². The molecule has 26 heavy (non-hydrogen) atoms. The van der Waals surface area contributed by atoms with Gasteiger partial charge in [0.1, 0.15) is 5.75 Å². The van der Waals surface area contributed by atoms with Crippen molar-refractivity contribution >= 4 is 23.5 Å². The van der Waals surface area contributed by atoms with Crippen LogP contribution in [0.15, 0.2) is 48.5 Å². The first-order chi connectivity index (χ1) is 12.5. The number of ketones is 1. The van der Waals surface area contributed by atoms with Crippen molar-refractivity contribution in [1.29, 1.82) is 0 Å². The van der Waals surface area contributed by atoms with Gasteiger partial charge in [-0.2, -0.15) is 0 Å². The number of ether oxygens (including phenoxy) is 1. The molecule has 1 N–H and O–H groups in total. The predicted octanol–water partition coefficient (Wildman–Crippen LogP) is 4.40. The summed E-state index contributed by atoms with van der Waals surface area (Å²) in [4.78, 5) is 23.8. The fraction of sp³-hybridized carbons (Fsp3) is 0.333. The molecule has 0 radical (unpaired) electrons. The van der Waals surface area contributed by atoms with Crippen molar-refractivity contribution in [3.05, 3.63) is 65.2 Å². The van der Waals surface area contributed by atoms with E-state index in [2.05, 4.69) is 5.32 Å². The van der Waals surface area contributed by atoms with Gasteiger partial charge in [0.2, 0.25) is 5.91 Å². The van der Waals surface area contributed by atoms with Gasteiger partial charge in [0.25, 0.3) is 0 Å². The largest absolute Gasteiger partial charge is 0.494 e. The van der Waals surface area contributed by atoms with Crippen LogP contribution in [0.2, 0.25) is 0 Å². The Morgan fingerprint density at radius 3 is 2.54 bits per heavy atom. The van der Waals surface area contributed by atoms with Crippen LogP contribution in [0.25, 0.3) is 0 Å². The van der Waals surface area contributed by atoms with Crippen LogP contribution < -0.4 is 10.1 Å². The van der Waals surface area contributed by atoms with Crippen molar-refractivity contribution < 1.29 is 14.3 Å². The molecular formula is C21H25NO3S. The lowest BCUT2D eigenvalue weighted by molar-refractivity contribution is -0.119. The van der Waals surface area contributed by atoms with E-state index in [0.29, 0.717) is 23.7 Å². The third kappa shape index (κ3) is 5.92. The Bertz CT molecular complexity index is 746. The van der Waals surface area contributed by atoms with Gasteiger partial charge in [-0.3, -0.25) is 9.59 Å². The fourth-order valence-electron chi connectivity index (χ4n) is 2.57. The molecule has 0 saturated heterocycles. The Morgan fingerprint density at radius 2 is 1.88 bits per heavy atom. The number of thioether (sulfide) groups is 1. The van der Waals surface area contributed by atoms with E-state index in [9.17, 15) is 9.59 Å². The van der Waals surface area contributed by atoms with Gasteiger partial charge in [-0.05, 0) is 44.5 Å². The number of hydrogen-bond donors (Lipinski definition) is 1. The molecule has 0 aliphatic carbocycles. The van der Waals surface area contributed by atoms with Gasteiger partial charge < -0.3 is 10.1 Å². The van der Waals surface area contributed by atoms with Gasteiger partial charge in [0.05, 0.1) is 18.4 Å². The van der Waals surface area contributed by atoms with E-state index in [1.807, 2.05) is 56.3 Å². The summed E-state index contributed by atoms with van der Waals surface area (Å²) < 4.78 is 5.63. The number of rotatable bonds is 9. The van der Waals surface area contributed by atoms with Gasteiger partial charge in [0.15, 0.2) is 5.78 Å². The third-order valence-electron chi connectivity index (χ3n) is 3.93. The average molecular weight is 372 g/mol. The van der Waals surface area contributed by atoms with E-state index in [1.54, 1.807) is 13.0 Å². The number of hydrogen-bond acceptors (Lipinski definition) is 4. The topological polar surface area (TPSA) is 55.4 Å². The molecule has 0 spiro atoms. The lowest BCUT2D eigenvalue weighted by Crippen LogP contribution is -2.28. The first kappa shape index (κ1) is 20.0. The molecule has 4 nitrogen and oxygen atoms in total. The molecule has 0 aliphatic heterocycles. The van der Waals surface area contributed by atoms with Crippen LogP contribution >= 0.6 is 11.8 Å². The molecule has 2 rings (SSSR count). The Balaban J connectivity index is 1.91. The van der Waals surface area contributed by atoms with Crippen molar-refractivity contribution in [3.8, 4) is 5.75 Å². The van der Waals surface area contributed by atoms with E-state index in [1.165, 1.54) is 11.8 Å². The molecule has 2 aromatic carbocycles. The molecule has 0 saturated carbocycles. The van der Waals surface area contributed by atoms with Crippen molar-refractivity contribution in [3.63, 3.8) is 0 Å². The quantitative estimate of drug-likeness (QED) is 0.664. The molecule has 5 heteroatoms. The molecule has 1 atom stereocenters. The lowest BCUT2D eigenvalue weighted by atomic mass is 10.1. The first-order valence-corrected chi connectivity index (χ1v) is 9.85. The van der Waals surface area contributed by atoms with Crippen molar-refractivity contribution in [2.45, 2.75) is 32.6 Å². The van der Waals surface area contributed by atoms with Crippen LogP contribution in [0.3, 0.4) is 0 Å². The minimum Gasteiger partial charge on any atom is -0.494 e. The molecule has 0 bridgehead atoms. The Kier molecular flexibility index (Phi) is 7.73. The second-order valence-electron chi connectivity index (χ2n) is 6.00. The highest BCUT2D eigenvalue weighted by atomic mass is 32.2. The van der Waals surface area contributed by atoms with Crippen LogP contribution in [-0.4, -0.2) is 24.1 Å². The Hall–Kier alpha value is -2.27. The van der Waals surface area contributed by atoms with Crippen LogP contribution in [0.5, 0.6) is 5.75 Å². The zero-order valence-corrected chi connectivity index (χ0v) is 16.3. The molecule has 0 heterocycles. The van der Waals surface area contributed by atoms with Crippen molar-refractivity contribution in [2.75, 3.05) is 12.4 Å². The van der Waals surface area contributed by atoms with Crippen LogP contribution in [0, 0.1) is 0 Å². The zero-order valence-electron chi connectivity index (χ0n) is 15.5. The maximum atomic E-state index is 12.2. The maximum Gasteiger partial charge on any atom is 0.230 e. The highest BCUT2D eigenvalue weighted by Gasteiger charge is 2.11. The smallest absolute Gasteiger partial charge is 0.230 e. The first-order valence-electron chi connectivity index (χ1n) is 8.70. The molecule has 138 valence electrons. The van der Waals surface area contributed by atoms with Crippen molar-refractivity contribution in [2.24, 2.45) is 0 Å². The van der Waals surface area contributed by atoms with Crippen LogP contribution in [0.4, 0.5) is 0 Å². The highest BCUT2D eigenvalue weighted by Crippen LogP contribution is 2.25. The number of nitrogens with one attached hydrogen (secondary N) is 1. The van der Waals surface area contributed by atoms with Gasteiger partial charge in [-0.25, -0.2) is 0 Å². The maximum absolute atomic E-state index is 12.2. The van der Waals surface area contributed by atoms with Gasteiger partial charge >= 0.3 is 0 Å². The molecular weight excluding hydrogens is 346 g/mol. The summed E-state index contributed by atoms with van der Waals surface area (Å²) in [6, 6.07) is 15.3. The zero-order chi connectivity index (χ0) is 18.9. The Labute approximate surface area is 159 Å². The standard InChI is InChI=1S/C21H25NO3S/c1-4-25-20-11-10-18(16(3)23)12-19(20)13-26-14-21(24)22-15(2)17-8-6-5-7-9-17/h5-12,15H,4,13-14H2,1-3H3,(H,22,24)/t15-/m0/s1. The summed E-state index contributed by atoms with van der Waals surface area (Å²) in [6.45, 7) is 6.01. The molecule has 1 amide bonds. The minimum atomic E-state index is -0.0238. The number of Topliss-reactive ketones (excluding diaryl/α,β-unsaturated/α-hetero) is 1. The number of carbonyl (C=O) groups excluding carboxylic acids is 2. The fourth-order valence-corrected chi connectivity index (χ4v) is 3.39. The summed E-state index contributed by atoms with van der Waals surface area (Å²) in [7, 11) is 0. The van der Waals surface area contributed by atoms with E-state index in [0.717, 1.165) is 16.9 Å². The van der Waals surface area contributed by atoms with Crippen molar-refractivity contribution in [1.82, 2.24) is 5.32 Å². The summed E-state index contributed by atoms with van der Waals surface area (Å²) in [5, 5.41) is 3.01. The number of carbonyl (C=O) groups is 2. The lowest BCUT2D eigenvalue weighted by Gasteiger charge is -2.15. The van der Waals surface area contributed by atoms with Gasteiger partial charge in [-0.15, -0.1) is 11.8 Å². The molecule has 0 fully saturated rings. The third-order valence-corrected chi connectivity index (χ3v) is 4.92. The average Bonchev–Trinajstić information content (AvgIpc) is 2.63. The van der Waals surface area contributed by atoms with E-state index in [4.69, 9.17) is 4.74 Å². The summed E-state index contributed by atoms with van der Waals surface area (Å²) >= 11 is 1.51. The molecule has 2 aromatic rings. The monoisotopic (exact) mass is 371 g/mol. The number of amides is 1. The van der Waals surface area contributed by atoms with Gasteiger partial charge in [-0.1, -0.05) is 30.3 Å². The highest BCUT2D eigenvalue weighted by molar-refractivity contribution is 7.99. The summed E-state index contributed by atoms with van der Waals surface area (Å²) in [6.07, 6.45) is 0. The molecule has 0 aliphatic rings. The van der Waals surface area contributed by atoms with E-state index in [-0.39, 0.29) is 17.7 Å². The van der Waals surface area contributed by atoms with E-state index < -0.39 is 0 Å². The SMILES string of the molecule is CCOc1ccc(C(C)=O)cc1CSCC(=O)N[C@@H](C)c1ccccc1. The normalized spacial score (nSPS) is 11.7. The second kappa shape index (κ2) is 10.0. The second-order valence-corrected chi connectivity index (χ2v) is 6.99. The predicted molar refractivity (Wildman–Crippen MR) is 107 cm³/mol.